The van der Waals surface area contributed by atoms with Gasteiger partial charge in [0.15, 0.2) is 0 Å². The normalized spacial score (nSPS) is 17.7. The lowest BCUT2D eigenvalue weighted by Gasteiger charge is -2.19. The second-order valence-electron chi connectivity index (χ2n) is 4.28. The van der Waals surface area contributed by atoms with Gasteiger partial charge in [0.05, 0.1) is 0 Å². The lowest BCUT2D eigenvalue weighted by atomic mass is 9.89. The predicted octanol–water partition coefficient (Wildman–Crippen LogP) is 2.99. The van der Waals surface area contributed by atoms with E-state index in [1.807, 2.05) is 20.8 Å². The quantitative estimate of drug-likeness (QED) is 0.664. The number of hydrogen-bond acceptors (Lipinski definition) is 2. The molecule has 0 spiro atoms. The Morgan fingerprint density at radius 1 is 1.20 bits per heavy atom. The monoisotopic (exact) mass is 218 g/mol. The molecule has 15 heavy (non-hydrogen) atoms. The van der Waals surface area contributed by atoms with Gasteiger partial charge in [-0.15, -0.1) is 0 Å². The van der Waals surface area contributed by atoms with Gasteiger partial charge in [0.1, 0.15) is 5.70 Å². The Balaban J connectivity index is 3.09. The minimum Gasteiger partial charge on any atom is -0.356 e. The van der Waals surface area contributed by atoms with Crippen molar-refractivity contribution >= 4 is 5.71 Å². The topological polar surface area (TPSA) is 24.4 Å². The molecule has 84 valence electrons. The molecule has 0 saturated heterocycles. The Kier molecular flexibility index (Phi) is 2.93. The van der Waals surface area contributed by atoms with Crippen LogP contribution in [-0.4, -0.2) is 11.9 Å². The van der Waals surface area contributed by atoms with Crippen molar-refractivity contribution in [2.75, 3.05) is 0 Å². The maximum absolute atomic E-state index is 12.5. The summed E-state index contributed by atoms with van der Waals surface area (Å²) in [6.07, 6.45) is -0.825. The number of halogens is 3. The van der Waals surface area contributed by atoms with E-state index in [9.17, 15) is 13.2 Å². The highest BCUT2D eigenvalue weighted by atomic mass is 19.4. The van der Waals surface area contributed by atoms with E-state index in [1.54, 1.807) is 0 Å². The van der Waals surface area contributed by atoms with Gasteiger partial charge in [-0.2, -0.15) is 13.2 Å². The molecular weight excluding hydrogens is 205 g/mol. The first kappa shape index (κ1) is 11.8. The fourth-order valence-corrected chi connectivity index (χ4v) is 1.03. The highest BCUT2D eigenvalue weighted by Gasteiger charge is 2.35. The van der Waals surface area contributed by atoms with Crippen molar-refractivity contribution in [1.29, 1.82) is 0 Å². The van der Waals surface area contributed by atoms with Crippen LogP contribution in [0.4, 0.5) is 13.2 Å². The molecule has 5 heteroatoms. The standard InChI is InChI=1S/C10H13F3N2/c1-9(2,3)7-6-8(10(11,12)13)15-5-4-14-7/h4-6,15H,1-3H3. The van der Waals surface area contributed by atoms with Crippen LogP contribution in [0.15, 0.2) is 29.2 Å². The molecule has 0 atom stereocenters. The smallest absolute Gasteiger partial charge is 0.356 e. The van der Waals surface area contributed by atoms with Gasteiger partial charge in [-0.3, -0.25) is 4.99 Å². The highest BCUT2D eigenvalue weighted by Crippen LogP contribution is 2.27. The van der Waals surface area contributed by atoms with E-state index < -0.39 is 17.3 Å². The summed E-state index contributed by atoms with van der Waals surface area (Å²) in [6.45, 7) is 5.44. The number of hydrogen-bond donors (Lipinski definition) is 1. The van der Waals surface area contributed by atoms with Crippen LogP contribution in [-0.2, 0) is 0 Å². The molecular formula is C10H13F3N2. The Morgan fingerprint density at radius 2 is 1.80 bits per heavy atom. The number of alkyl halides is 3. The summed E-state index contributed by atoms with van der Waals surface area (Å²) < 4.78 is 37.4. The molecule has 0 radical (unpaired) electrons. The van der Waals surface area contributed by atoms with Crippen molar-refractivity contribution in [3.63, 3.8) is 0 Å². The van der Waals surface area contributed by atoms with Gasteiger partial charge in [-0.05, 0) is 6.08 Å². The van der Waals surface area contributed by atoms with Crippen molar-refractivity contribution in [2.24, 2.45) is 10.4 Å². The second kappa shape index (κ2) is 3.72. The summed E-state index contributed by atoms with van der Waals surface area (Å²) in [4.78, 5) is 3.96. The zero-order valence-electron chi connectivity index (χ0n) is 8.81. The summed E-state index contributed by atoms with van der Waals surface area (Å²) in [7, 11) is 0. The molecule has 0 aromatic heterocycles. The van der Waals surface area contributed by atoms with Crippen LogP contribution in [0.25, 0.3) is 0 Å². The fourth-order valence-electron chi connectivity index (χ4n) is 1.03. The van der Waals surface area contributed by atoms with Crippen LogP contribution in [0.1, 0.15) is 20.8 Å². The van der Waals surface area contributed by atoms with E-state index in [-0.39, 0.29) is 0 Å². The summed E-state index contributed by atoms with van der Waals surface area (Å²) in [6, 6.07) is 0. The molecule has 1 aliphatic rings. The SMILES string of the molecule is CC(C)(C)C1=NC=CNC(C(F)(F)F)=C1. The summed E-state index contributed by atoms with van der Waals surface area (Å²) in [5.74, 6) is 0. The van der Waals surface area contributed by atoms with Gasteiger partial charge in [0.2, 0.25) is 0 Å². The van der Waals surface area contributed by atoms with Crippen molar-refractivity contribution in [3.8, 4) is 0 Å². The van der Waals surface area contributed by atoms with Crippen LogP contribution >= 0.6 is 0 Å². The number of nitrogens with one attached hydrogen (secondary N) is 1. The largest absolute Gasteiger partial charge is 0.431 e. The zero-order chi connectivity index (χ0) is 11.7. The van der Waals surface area contributed by atoms with Crippen LogP contribution < -0.4 is 5.32 Å². The first-order chi connectivity index (χ1) is 6.71. The van der Waals surface area contributed by atoms with Crippen LogP contribution in [0.3, 0.4) is 0 Å². The lowest BCUT2D eigenvalue weighted by molar-refractivity contribution is -0.0953. The first-order valence-corrected chi connectivity index (χ1v) is 4.50. The maximum atomic E-state index is 12.5. The molecule has 0 aliphatic carbocycles. The van der Waals surface area contributed by atoms with E-state index >= 15 is 0 Å². The Hall–Kier alpha value is -1.26. The number of nitrogens with zero attached hydrogens (tertiary/aromatic N) is 1. The van der Waals surface area contributed by atoms with Crippen molar-refractivity contribution in [1.82, 2.24) is 5.32 Å². The minimum absolute atomic E-state index is 0.399. The van der Waals surface area contributed by atoms with E-state index in [4.69, 9.17) is 0 Å². The van der Waals surface area contributed by atoms with Crippen molar-refractivity contribution in [2.45, 2.75) is 26.9 Å². The molecule has 0 saturated carbocycles. The summed E-state index contributed by atoms with van der Waals surface area (Å²) in [5.41, 5.74) is -0.798. The van der Waals surface area contributed by atoms with E-state index in [1.165, 1.54) is 12.4 Å². The summed E-state index contributed by atoms with van der Waals surface area (Å²) in [5, 5.41) is 2.16. The van der Waals surface area contributed by atoms with Gasteiger partial charge in [0.25, 0.3) is 0 Å². The Morgan fingerprint density at radius 3 is 2.27 bits per heavy atom. The molecule has 1 N–H and O–H groups in total. The third-order valence-corrected chi connectivity index (χ3v) is 1.88. The van der Waals surface area contributed by atoms with Crippen LogP contribution in [0, 0.1) is 5.41 Å². The number of rotatable bonds is 0. The molecule has 1 heterocycles. The minimum atomic E-state index is -4.37. The average molecular weight is 218 g/mol. The molecule has 1 aliphatic heterocycles. The van der Waals surface area contributed by atoms with Crippen LogP contribution in [0.2, 0.25) is 0 Å². The van der Waals surface area contributed by atoms with Crippen molar-refractivity contribution < 1.29 is 13.2 Å². The van der Waals surface area contributed by atoms with Gasteiger partial charge < -0.3 is 5.32 Å². The molecule has 0 fully saturated rings. The maximum Gasteiger partial charge on any atom is 0.431 e. The molecule has 0 aromatic carbocycles. The van der Waals surface area contributed by atoms with Gasteiger partial charge in [-0.1, -0.05) is 20.8 Å². The third kappa shape index (κ3) is 3.11. The van der Waals surface area contributed by atoms with Crippen molar-refractivity contribution in [3.05, 3.63) is 24.2 Å². The van der Waals surface area contributed by atoms with Gasteiger partial charge in [-0.25, -0.2) is 0 Å². The molecule has 0 amide bonds. The lowest BCUT2D eigenvalue weighted by Crippen LogP contribution is -2.25. The Labute approximate surface area is 86.6 Å². The Bertz CT molecular complexity index is 330. The fraction of sp³-hybridized carbons (Fsp3) is 0.500. The summed E-state index contributed by atoms with van der Waals surface area (Å²) >= 11 is 0. The van der Waals surface area contributed by atoms with Gasteiger partial charge >= 0.3 is 6.18 Å². The number of allylic oxidation sites excluding steroid dienone is 2. The van der Waals surface area contributed by atoms with Gasteiger partial charge in [0, 0.05) is 23.5 Å². The van der Waals surface area contributed by atoms with Crippen LogP contribution in [0.5, 0.6) is 0 Å². The van der Waals surface area contributed by atoms with E-state index in [0.717, 1.165) is 6.08 Å². The molecule has 1 rings (SSSR count). The zero-order valence-corrected chi connectivity index (χ0v) is 8.81. The number of aliphatic imine (C=N–C) groups is 1. The first-order valence-electron chi connectivity index (χ1n) is 4.50. The molecule has 0 aromatic rings. The third-order valence-electron chi connectivity index (χ3n) is 1.88. The molecule has 2 nitrogen and oxygen atoms in total. The highest BCUT2D eigenvalue weighted by molar-refractivity contribution is 6.00. The van der Waals surface area contributed by atoms with E-state index in [2.05, 4.69) is 10.3 Å². The molecule has 0 unspecified atom stereocenters. The predicted molar refractivity (Wildman–Crippen MR) is 53.3 cm³/mol. The molecule has 0 bridgehead atoms. The second-order valence-corrected chi connectivity index (χ2v) is 4.28. The average Bonchev–Trinajstić information content (AvgIpc) is 2.24. The van der Waals surface area contributed by atoms with E-state index in [0.29, 0.717) is 5.71 Å².